The van der Waals surface area contributed by atoms with Gasteiger partial charge in [0, 0.05) is 134 Å². The van der Waals surface area contributed by atoms with Crippen LogP contribution in [0.1, 0.15) is 392 Å². The molecule has 50 rings (SSSR count). The van der Waals surface area contributed by atoms with Crippen LogP contribution in [-0.2, 0) is 64.8 Å². The second kappa shape index (κ2) is 43.5. The first-order valence-electron chi connectivity index (χ1n) is 55.3. The molecule has 18 atom stereocenters. The van der Waals surface area contributed by atoms with Crippen molar-refractivity contribution >= 4 is 64.8 Å². The molecule has 15 unspecified atom stereocenters. The van der Waals surface area contributed by atoms with Crippen LogP contribution in [0.25, 0.3) is 0 Å². The van der Waals surface area contributed by atoms with E-state index in [0.717, 1.165) is 217 Å². The van der Waals surface area contributed by atoms with Gasteiger partial charge in [-0.15, -0.1) is 0 Å². The molecule has 0 aromatic heterocycles. The normalized spacial score (nSPS) is 52.1. The molecule has 16 saturated carbocycles. The van der Waals surface area contributed by atoms with Crippen LogP contribution >= 0.6 is 0 Å². The summed E-state index contributed by atoms with van der Waals surface area (Å²) in [5.41, 5.74) is 0. The number of hydrogen-bond acceptors (Lipinski definition) is 6. The third-order valence-electron chi connectivity index (χ3n) is 43.4. The summed E-state index contributed by atoms with van der Waals surface area (Å²) in [7, 11) is -4.26. The van der Waals surface area contributed by atoms with Gasteiger partial charge in [0.15, 0.2) is 0 Å². The van der Waals surface area contributed by atoms with Gasteiger partial charge in [-0.1, -0.05) is 12.8 Å². The minimum atomic E-state index is -0.712. The molecule has 0 N–H and O–H groups in total. The highest BCUT2D eigenvalue weighted by atomic mass is 32.2. The lowest BCUT2D eigenvalue weighted by Crippen LogP contribution is -2.38. The zero-order chi connectivity index (χ0) is 81.9. The monoisotopic (exact) mass is 1780 g/mol. The Morgan fingerprint density at radius 2 is 0.198 bits per heavy atom. The first-order valence-corrected chi connectivity index (χ1v) is 64.2. The summed E-state index contributed by atoms with van der Waals surface area (Å²) in [6.45, 7) is 0. The van der Waals surface area contributed by atoms with Crippen LogP contribution in [-0.4, -0.2) is 94.3 Å². The van der Waals surface area contributed by atoms with Crippen molar-refractivity contribution in [1.82, 2.24) is 0 Å². The van der Waals surface area contributed by atoms with E-state index in [1.54, 1.807) is 0 Å². The van der Waals surface area contributed by atoms with Crippen molar-refractivity contribution in [1.29, 1.82) is 0 Å². The molecule has 34 saturated heterocycles. The zero-order valence-corrected chi connectivity index (χ0v) is 82.2. The molecule has 690 valence electrons. The zero-order valence-electron chi connectivity index (χ0n) is 77.3. The van der Waals surface area contributed by atoms with Crippen LogP contribution in [0.15, 0.2) is 0 Å². The highest BCUT2D eigenvalue weighted by Gasteiger charge is 2.50. The van der Waals surface area contributed by atoms with E-state index in [9.17, 15) is 25.3 Å². The van der Waals surface area contributed by atoms with E-state index >= 15 is 0 Å². The molecule has 0 amide bonds. The maximum absolute atomic E-state index is 14.6. The summed E-state index contributed by atoms with van der Waals surface area (Å²) in [6, 6.07) is 0. The highest BCUT2D eigenvalue weighted by Crippen LogP contribution is 2.59. The van der Waals surface area contributed by atoms with Gasteiger partial charge in [-0.3, -0.25) is 25.3 Å². The highest BCUT2D eigenvalue weighted by molar-refractivity contribution is 7.86. The Morgan fingerprint density at radius 3 is 0.314 bits per heavy atom. The molecule has 0 spiro atoms. The Kier molecular flexibility index (Phi) is 32.7. The summed E-state index contributed by atoms with van der Waals surface area (Å²) in [5.74, 6) is 40.0. The Bertz CT molecular complexity index is 3060. The quantitative estimate of drug-likeness (QED) is 0.239. The van der Waals surface area contributed by atoms with E-state index in [2.05, 4.69) is 0 Å². The lowest BCUT2D eigenvalue weighted by Gasteiger charge is -2.48. The SMILES string of the molecule is O=S1CC2CCC(CC2)C2CC3CC(C2)C2CCC(CC2)CS(=O)CC2CCC(CC2)C2CC4C[C@H](C2)C2CCC(CC2)CS(=O)CC2CCC(CC2)C2CC(CC(C2)C2CCC(CC2)CS(=O)CC2CCC(CC2)[C@H]2CC(CC(C2)C2CCC(CC2)CS(=O)CC2CCC3CC2)C2CCC(CC2)CC[S@](=O)CC2CCC4CC2)C2CCC(CC2)C1. The van der Waals surface area contributed by atoms with Crippen molar-refractivity contribution in [3.8, 4) is 0 Å². The fraction of sp³-hybridized carbons (Fsp3) is 1.00. The molecular weight excluding hydrogens is 1600 g/mol. The van der Waals surface area contributed by atoms with Gasteiger partial charge in [0.05, 0.1) is 0 Å². The van der Waals surface area contributed by atoms with Crippen molar-refractivity contribution in [3.63, 3.8) is 0 Å². The molecule has 12 heteroatoms. The molecule has 0 aromatic carbocycles. The lowest BCUT2D eigenvalue weighted by molar-refractivity contribution is 0.0339. The minimum Gasteiger partial charge on any atom is -0.260 e. The fourth-order valence-electron chi connectivity index (χ4n) is 36.1. The van der Waals surface area contributed by atoms with Crippen molar-refractivity contribution in [2.45, 2.75) is 392 Å². The standard InChI is InChI=1S/C109H182O6S6/c110-116-50-49-74-1-25-86(26-2-74)98-51-99-53-100(52-98)89-31-7-77(8-32-89)65-118(112)69-81-15-39-93(40-16-81)105-58-107-62-109(60-105)97-47-23-85(24-48-97)73-121(115)72-84-21-45-96(46-22-84)108-59-104(92-37-13-80(14-38-92)68-117(111)64-76-5-29-88(99)30-6-76)57-106(61-108)94-41-17-82(18-42-94)70-119(113)66-78-9-33-90(34-10-78)102-54-101(87-27-3-75(63-116)4-28-87)55-103(56-102)91-35-11-79(12-36-91)67-120(114)71-83-19-43-95(107)44-20-83/h74-109H,1-73H2/t74?,75?,76?,77?,78?,79?,80?,81?,82?,83?,84?,85?,86?,87?,88?,89?,90?,91?,92?,93?,94?,95?,96?,97?,98?,99-,100?,101?,102+,103?,104?,105?,106?,107?,108?,109?,116-,117?,118?,119?,120?,121?/m0/s1. The summed E-state index contributed by atoms with van der Waals surface area (Å²) in [5, 5.41) is 0. The van der Waals surface area contributed by atoms with Gasteiger partial charge in [0.2, 0.25) is 0 Å². The Morgan fingerprint density at radius 1 is 0.0992 bits per heavy atom. The molecule has 0 radical (unpaired) electrons. The Labute approximate surface area is 757 Å². The molecule has 50 fully saturated rings. The third kappa shape index (κ3) is 24.2. The van der Waals surface area contributed by atoms with E-state index in [-0.39, 0.29) is 0 Å². The second-order valence-corrected chi connectivity index (χ2v) is 59.6. The topological polar surface area (TPSA) is 102 Å². The average molecular weight is 1780 g/mol. The minimum absolute atomic E-state index is 0.647. The molecule has 50 aliphatic rings. The summed E-state index contributed by atoms with van der Waals surface area (Å²) < 4.78 is 87.4. The van der Waals surface area contributed by atoms with E-state index in [4.69, 9.17) is 0 Å². The van der Waals surface area contributed by atoms with Gasteiger partial charge >= 0.3 is 0 Å². The van der Waals surface area contributed by atoms with Crippen LogP contribution in [0.5, 0.6) is 0 Å². The van der Waals surface area contributed by atoms with E-state index in [1.165, 1.54) is 392 Å². The molecule has 121 heavy (non-hydrogen) atoms. The molecular formula is C109H182O6S6. The van der Waals surface area contributed by atoms with Gasteiger partial charge in [-0.25, -0.2) is 0 Å². The van der Waals surface area contributed by atoms with Gasteiger partial charge in [-0.05, 0) is 592 Å². The van der Waals surface area contributed by atoms with E-state index in [0.29, 0.717) is 65.1 Å². The van der Waals surface area contributed by atoms with Gasteiger partial charge < -0.3 is 0 Å². The Balaban J connectivity index is 0.592. The first kappa shape index (κ1) is 91.0. The van der Waals surface area contributed by atoms with Crippen LogP contribution < -0.4 is 0 Å². The van der Waals surface area contributed by atoms with Crippen LogP contribution in [0.2, 0.25) is 0 Å². The molecule has 6 nitrogen and oxygen atoms in total. The van der Waals surface area contributed by atoms with Crippen molar-refractivity contribution in [3.05, 3.63) is 0 Å². The Hall–Kier alpha value is 0.900. The summed E-state index contributed by atoms with van der Waals surface area (Å²) >= 11 is 0. The van der Waals surface area contributed by atoms with E-state index < -0.39 is 64.8 Å². The molecule has 34 heterocycles. The fourth-order valence-corrected chi connectivity index (χ4v) is 47.0. The molecule has 16 aliphatic carbocycles. The largest absolute Gasteiger partial charge is 0.260 e. The first-order chi connectivity index (χ1) is 59.2. The predicted octanol–water partition coefficient (Wildman–Crippen LogP) is 26.7. The molecule has 0 aromatic rings. The van der Waals surface area contributed by atoms with Crippen molar-refractivity contribution < 1.29 is 25.3 Å². The smallest absolute Gasteiger partial charge is 0.0263 e. The average Bonchev–Trinajstić information content (AvgIpc) is 0.808. The van der Waals surface area contributed by atoms with Crippen molar-refractivity contribution in [2.24, 2.45) is 213 Å². The van der Waals surface area contributed by atoms with Gasteiger partial charge in [0.1, 0.15) is 0 Å². The van der Waals surface area contributed by atoms with Crippen molar-refractivity contribution in [2.75, 3.05) is 69.0 Å². The third-order valence-corrected chi connectivity index (χ3v) is 53.3. The van der Waals surface area contributed by atoms with Gasteiger partial charge in [0.25, 0.3) is 0 Å². The summed E-state index contributed by atoms with van der Waals surface area (Å²) in [6.07, 6.45) is 83.7. The molecule has 34 aliphatic heterocycles. The van der Waals surface area contributed by atoms with Crippen LogP contribution in [0.4, 0.5) is 0 Å². The maximum atomic E-state index is 14.6. The maximum Gasteiger partial charge on any atom is 0.0263 e. The summed E-state index contributed by atoms with van der Waals surface area (Å²) in [4.78, 5) is 0. The number of rotatable bonds is 0. The second-order valence-electron chi connectivity index (χ2n) is 50.3. The van der Waals surface area contributed by atoms with E-state index in [1.807, 2.05) is 0 Å². The molecule has 36 bridgehead atoms. The lowest BCUT2D eigenvalue weighted by atomic mass is 9.58. The number of hydrogen-bond donors (Lipinski definition) is 0. The van der Waals surface area contributed by atoms with Crippen LogP contribution in [0.3, 0.4) is 0 Å². The van der Waals surface area contributed by atoms with Crippen LogP contribution in [0, 0.1) is 213 Å². The van der Waals surface area contributed by atoms with Gasteiger partial charge in [-0.2, -0.15) is 0 Å². The predicted molar refractivity (Wildman–Crippen MR) is 515 cm³/mol.